The summed E-state index contributed by atoms with van der Waals surface area (Å²) in [5.41, 5.74) is 5.63. The van der Waals surface area contributed by atoms with Crippen LogP contribution in [0.3, 0.4) is 0 Å². The van der Waals surface area contributed by atoms with Crippen molar-refractivity contribution < 1.29 is 0 Å². The van der Waals surface area contributed by atoms with E-state index in [2.05, 4.69) is 30.7 Å². The van der Waals surface area contributed by atoms with Gasteiger partial charge in [-0.1, -0.05) is 13.8 Å². The normalized spacial score (nSPS) is 25.9. The van der Waals surface area contributed by atoms with E-state index in [0.717, 1.165) is 12.6 Å². The van der Waals surface area contributed by atoms with Gasteiger partial charge in [0.1, 0.15) is 0 Å². The Morgan fingerprint density at radius 1 is 1.38 bits per heavy atom. The average molecular weight is 227 g/mol. The second-order valence-electron chi connectivity index (χ2n) is 5.33. The van der Waals surface area contributed by atoms with Gasteiger partial charge in [-0.05, 0) is 45.3 Å². The van der Waals surface area contributed by atoms with Crippen LogP contribution in [0.2, 0.25) is 0 Å². The van der Waals surface area contributed by atoms with Crippen LogP contribution in [-0.2, 0) is 0 Å². The minimum absolute atomic E-state index is 0.689. The monoisotopic (exact) mass is 227 g/mol. The van der Waals surface area contributed by atoms with E-state index in [1.807, 2.05) is 0 Å². The molecule has 1 aliphatic heterocycles. The minimum atomic E-state index is 0.689. The lowest BCUT2D eigenvalue weighted by atomic mass is 10.0. The lowest BCUT2D eigenvalue weighted by Crippen LogP contribution is -2.51. The van der Waals surface area contributed by atoms with Crippen molar-refractivity contribution in [2.75, 3.05) is 39.8 Å². The van der Waals surface area contributed by atoms with E-state index < -0.39 is 0 Å². The number of hydrogen-bond acceptors (Lipinski definition) is 3. The van der Waals surface area contributed by atoms with E-state index in [-0.39, 0.29) is 0 Å². The van der Waals surface area contributed by atoms with Crippen LogP contribution >= 0.6 is 0 Å². The first-order valence-electron chi connectivity index (χ1n) is 6.80. The molecule has 1 heterocycles. The quantitative estimate of drug-likeness (QED) is 0.744. The molecule has 0 aromatic carbocycles. The molecule has 1 aliphatic rings. The number of nitrogens with two attached hydrogens (primary N) is 1. The van der Waals surface area contributed by atoms with Gasteiger partial charge < -0.3 is 15.5 Å². The molecule has 1 fully saturated rings. The maximum Gasteiger partial charge on any atom is 0.0218 e. The highest BCUT2D eigenvalue weighted by atomic mass is 15.3. The van der Waals surface area contributed by atoms with Gasteiger partial charge >= 0.3 is 0 Å². The Kier molecular flexibility index (Phi) is 6.32. The molecule has 0 aliphatic carbocycles. The summed E-state index contributed by atoms with van der Waals surface area (Å²) < 4.78 is 0. The molecular weight excluding hydrogens is 198 g/mol. The molecule has 2 N–H and O–H groups in total. The molecule has 0 bridgehead atoms. The van der Waals surface area contributed by atoms with Gasteiger partial charge in [0, 0.05) is 25.7 Å². The number of piperazine rings is 1. The fourth-order valence-corrected chi connectivity index (χ4v) is 2.44. The summed E-state index contributed by atoms with van der Waals surface area (Å²) in [4.78, 5) is 5.12. The van der Waals surface area contributed by atoms with Gasteiger partial charge in [-0.3, -0.25) is 0 Å². The summed E-state index contributed by atoms with van der Waals surface area (Å²) in [5.74, 6) is 0.689. The molecule has 0 aromatic heterocycles. The summed E-state index contributed by atoms with van der Waals surface area (Å²) >= 11 is 0. The molecule has 0 aromatic rings. The number of likely N-dealkylation sites (N-methyl/N-ethyl adjacent to an activating group) is 1. The highest BCUT2D eigenvalue weighted by Crippen LogP contribution is 2.12. The zero-order valence-electron chi connectivity index (χ0n) is 11.3. The zero-order valence-corrected chi connectivity index (χ0v) is 11.3. The van der Waals surface area contributed by atoms with Gasteiger partial charge in [0.05, 0.1) is 0 Å². The average Bonchev–Trinajstić information content (AvgIpc) is 2.31. The van der Waals surface area contributed by atoms with Crippen molar-refractivity contribution in [3.63, 3.8) is 0 Å². The third-order valence-electron chi connectivity index (χ3n) is 3.91. The van der Waals surface area contributed by atoms with E-state index in [4.69, 9.17) is 5.73 Å². The molecular formula is C13H29N3. The molecule has 96 valence electrons. The van der Waals surface area contributed by atoms with Crippen LogP contribution in [0.1, 0.15) is 33.1 Å². The van der Waals surface area contributed by atoms with Gasteiger partial charge in [0.15, 0.2) is 0 Å². The molecule has 3 heteroatoms. The van der Waals surface area contributed by atoms with E-state index in [1.54, 1.807) is 0 Å². The molecule has 0 amide bonds. The Bertz CT molecular complexity index is 184. The minimum Gasteiger partial charge on any atom is -0.330 e. The second-order valence-corrected chi connectivity index (χ2v) is 5.33. The largest absolute Gasteiger partial charge is 0.330 e. The molecule has 16 heavy (non-hydrogen) atoms. The van der Waals surface area contributed by atoms with E-state index >= 15 is 0 Å². The molecule has 2 atom stereocenters. The van der Waals surface area contributed by atoms with Crippen LogP contribution in [-0.4, -0.2) is 55.6 Å². The zero-order chi connectivity index (χ0) is 12.0. The van der Waals surface area contributed by atoms with E-state index in [0.29, 0.717) is 5.92 Å². The SMILES string of the molecule is CCC1CN(CCCC(C)CN)CCN1C. The van der Waals surface area contributed by atoms with Crippen molar-refractivity contribution in [3.8, 4) is 0 Å². The molecule has 0 spiro atoms. The molecule has 3 nitrogen and oxygen atoms in total. The van der Waals surface area contributed by atoms with Crippen LogP contribution in [0.5, 0.6) is 0 Å². The third kappa shape index (κ3) is 4.40. The maximum absolute atomic E-state index is 5.63. The van der Waals surface area contributed by atoms with Crippen LogP contribution in [0.4, 0.5) is 0 Å². The van der Waals surface area contributed by atoms with Crippen molar-refractivity contribution in [2.45, 2.75) is 39.2 Å². The van der Waals surface area contributed by atoms with Crippen LogP contribution in [0.25, 0.3) is 0 Å². The van der Waals surface area contributed by atoms with Crippen molar-refractivity contribution in [1.82, 2.24) is 9.80 Å². The fraction of sp³-hybridized carbons (Fsp3) is 1.00. The molecule has 0 saturated carbocycles. The van der Waals surface area contributed by atoms with Gasteiger partial charge in [0.2, 0.25) is 0 Å². The number of nitrogens with zero attached hydrogens (tertiary/aromatic N) is 2. The standard InChI is InChI=1S/C13H29N3/c1-4-13-11-16(9-8-15(13)3)7-5-6-12(2)10-14/h12-13H,4-11,14H2,1-3H3. The number of hydrogen-bond donors (Lipinski definition) is 1. The van der Waals surface area contributed by atoms with Crippen LogP contribution in [0.15, 0.2) is 0 Å². The smallest absolute Gasteiger partial charge is 0.0218 e. The maximum atomic E-state index is 5.63. The third-order valence-corrected chi connectivity index (χ3v) is 3.91. The molecule has 1 rings (SSSR count). The predicted octanol–water partition coefficient (Wildman–Crippen LogP) is 1.39. The van der Waals surface area contributed by atoms with Gasteiger partial charge in [0.25, 0.3) is 0 Å². The molecule has 2 unspecified atom stereocenters. The van der Waals surface area contributed by atoms with E-state index in [1.165, 1.54) is 45.4 Å². The van der Waals surface area contributed by atoms with Crippen molar-refractivity contribution in [2.24, 2.45) is 11.7 Å². The Balaban J connectivity index is 2.18. The Morgan fingerprint density at radius 2 is 2.12 bits per heavy atom. The Hall–Kier alpha value is -0.120. The Labute approximate surface area is 101 Å². The van der Waals surface area contributed by atoms with Gasteiger partial charge in [-0.25, -0.2) is 0 Å². The summed E-state index contributed by atoms with van der Waals surface area (Å²) in [6.07, 6.45) is 3.85. The summed E-state index contributed by atoms with van der Waals surface area (Å²) in [6.45, 7) is 10.4. The lowest BCUT2D eigenvalue weighted by molar-refractivity contribution is 0.0913. The highest BCUT2D eigenvalue weighted by Gasteiger charge is 2.22. The Morgan fingerprint density at radius 3 is 2.75 bits per heavy atom. The highest BCUT2D eigenvalue weighted by molar-refractivity contribution is 4.78. The first-order valence-corrected chi connectivity index (χ1v) is 6.80. The second kappa shape index (κ2) is 7.25. The molecule has 0 radical (unpaired) electrons. The lowest BCUT2D eigenvalue weighted by Gasteiger charge is -2.39. The van der Waals surface area contributed by atoms with E-state index in [9.17, 15) is 0 Å². The van der Waals surface area contributed by atoms with Crippen LogP contribution in [0, 0.1) is 5.92 Å². The van der Waals surface area contributed by atoms with Crippen molar-refractivity contribution in [3.05, 3.63) is 0 Å². The van der Waals surface area contributed by atoms with Gasteiger partial charge in [-0.2, -0.15) is 0 Å². The first kappa shape index (κ1) is 13.9. The van der Waals surface area contributed by atoms with Crippen molar-refractivity contribution >= 4 is 0 Å². The van der Waals surface area contributed by atoms with Crippen molar-refractivity contribution in [1.29, 1.82) is 0 Å². The summed E-state index contributed by atoms with van der Waals surface area (Å²) in [7, 11) is 2.25. The predicted molar refractivity (Wildman–Crippen MR) is 70.6 cm³/mol. The van der Waals surface area contributed by atoms with Crippen LogP contribution < -0.4 is 5.73 Å². The van der Waals surface area contributed by atoms with Gasteiger partial charge in [-0.15, -0.1) is 0 Å². The first-order chi connectivity index (χ1) is 7.67. The fourth-order valence-electron chi connectivity index (χ4n) is 2.44. The topological polar surface area (TPSA) is 32.5 Å². The molecule has 1 saturated heterocycles. The number of rotatable bonds is 6. The summed E-state index contributed by atoms with van der Waals surface area (Å²) in [6, 6.07) is 0.765. The summed E-state index contributed by atoms with van der Waals surface area (Å²) in [5, 5.41) is 0.